The van der Waals surface area contributed by atoms with Gasteiger partial charge in [-0.25, -0.2) is 13.1 Å². The standard InChI is InChI=1S/C21H26N2O4S/c1-15-7-8-16(2)20(13-15)28(25,26)22-18-9-11-23(12-10-18)21(24)17-5-4-6-19(14-17)27-3/h4-8,13-14,18,22H,9-12H2,1-3H3. The fraction of sp³-hybridized carbons (Fsp3) is 0.381. The average Bonchev–Trinajstić information content (AvgIpc) is 2.69. The number of hydrogen-bond acceptors (Lipinski definition) is 4. The molecule has 2 aromatic carbocycles. The predicted octanol–water partition coefficient (Wildman–Crippen LogP) is 2.90. The Balaban J connectivity index is 1.63. The molecule has 0 bridgehead atoms. The molecule has 1 N–H and O–H groups in total. The van der Waals surface area contributed by atoms with Crippen LogP contribution >= 0.6 is 0 Å². The highest BCUT2D eigenvalue weighted by Gasteiger charge is 2.28. The molecule has 28 heavy (non-hydrogen) atoms. The van der Waals surface area contributed by atoms with Crippen LogP contribution in [-0.2, 0) is 10.0 Å². The minimum Gasteiger partial charge on any atom is -0.497 e. The molecule has 2 aromatic rings. The molecule has 1 aliphatic heterocycles. The summed E-state index contributed by atoms with van der Waals surface area (Å²) >= 11 is 0. The average molecular weight is 403 g/mol. The third kappa shape index (κ3) is 4.54. The highest BCUT2D eigenvalue weighted by Crippen LogP contribution is 2.21. The predicted molar refractivity (Wildman–Crippen MR) is 108 cm³/mol. The molecule has 0 spiro atoms. The SMILES string of the molecule is COc1cccc(C(=O)N2CCC(NS(=O)(=O)c3cc(C)ccc3C)CC2)c1. The number of rotatable bonds is 5. The van der Waals surface area contributed by atoms with Crippen LogP contribution in [-0.4, -0.2) is 45.5 Å². The van der Waals surface area contributed by atoms with E-state index >= 15 is 0 Å². The van der Waals surface area contributed by atoms with Crippen LogP contribution in [0.5, 0.6) is 5.75 Å². The Labute approximate surface area is 166 Å². The normalized spacial score (nSPS) is 15.5. The zero-order chi connectivity index (χ0) is 20.3. The van der Waals surface area contributed by atoms with Crippen LogP contribution < -0.4 is 9.46 Å². The van der Waals surface area contributed by atoms with Crippen molar-refractivity contribution < 1.29 is 17.9 Å². The molecule has 1 amide bonds. The second kappa shape index (κ2) is 8.32. The molecule has 0 aromatic heterocycles. The van der Waals surface area contributed by atoms with Crippen LogP contribution in [0.25, 0.3) is 0 Å². The van der Waals surface area contributed by atoms with Crippen molar-refractivity contribution >= 4 is 15.9 Å². The number of carbonyl (C=O) groups is 1. The maximum absolute atomic E-state index is 12.8. The van der Waals surface area contributed by atoms with Gasteiger partial charge in [0.1, 0.15) is 5.75 Å². The van der Waals surface area contributed by atoms with Crippen molar-refractivity contribution in [3.05, 3.63) is 59.2 Å². The molecule has 6 nitrogen and oxygen atoms in total. The number of amides is 1. The molecule has 1 saturated heterocycles. The Morgan fingerprint density at radius 2 is 1.82 bits per heavy atom. The third-order valence-electron chi connectivity index (χ3n) is 5.05. The number of ether oxygens (including phenoxy) is 1. The Kier molecular flexibility index (Phi) is 6.05. The lowest BCUT2D eigenvalue weighted by atomic mass is 10.0. The molecule has 0 radical (unpaired) electrons. The molecule has 1 heterocycles. The van der Waals surface area contributed by atoms with Crippen molar-refractivity contribution in [3.8, 4) is 5.75 Å². The molecule has 3 rings (SSSR count). The largest absolute Gasteiger partial charge is 0.497 e. The summed E-state index contributed by atoms with van der Waals surface area (Å²) in [6.45, 7) is 4.69. The molecule has 7 heteroatoms. The number of sulfonamides is 1. The summed E-state index contributed by atoms with van der Waals surface area (Å²) in [6, 6.07) is 12.3. The van der Waals surface area contributed by atoms with E-state index in [9.17, 15) is 13.2 Å². The number of piperidine rings is 1. The van der Waals surface area contributed by atoms with Crippen LogP contribution in [0.3, 0.4) is 0 Å². The Bertz CT molecular complexity index is 964. The first-order valence-corrected chi connectivity index (χ1v) is 10.8. The lowest BCUT2D eigenvalue weighted by Crippen LogP contribution is -2.46. The Morgan fingerprint density at radius 1 is 1.11 bits per heavy atom. The Morgan fingerprint density at radius 3 is 2.50 bits per heavy atom. The van der Waals surface area contributed by atoms with Gasteiger partial charge in [0, 0.05) is 24.7 Å². The van der Waals surface area contributed by atoms with Crippen LogP contribution in [0.1, 0.15) is 34.3 Å². The zero-order valence-electron chi connectivity index (χ0n) is 16.4. The van der Waals surface area contributed by atoms with Gasteiger partial charge >= 0.3 is 0 Å². The van der Waals surface area contributed by atoms with E-state index in [4.69, 9.17) is 4.74 Å². The van der Waals surface area contributed by atoms with E-state index in [-0.39, 0.29) is 11.9 Å². The van der Waals surface area contributed by atoms with Gasteiger partial charge in [0.2, 0.25) is 10.0 Å². The number of nitrogens with one attached hydrogen (secondary N) is 1. The van der Waals surface area contributed by atoms with Crippen molar-refractivity contribution in [2.24, 2.45) is 0 Å². The fourth-order valence-electron chi connectivity index (χ4n) is 3.42. The third-order valence-corrected chi connectivity index (χ3v) is 6.72. The summed E-state index contributed by atoms with van der Waals surface area (Å²) in [5, 5.41) is 0. The number of hydrogen-bond donors (Lipinski definition) is 1. The van der Waals surface area contributed by atoms with E-state index in [1.165, 1.54) is 0 Å². The van der Waals surface area contributed by atoms with E-state index in [1.54, 1.807) is 49.3 Å². The maximum atomic E-state index is 12.8. The number of methoxy groups -OCH3 is 1. The number of likely N-dealkylation sites (tertiary alicyclic amines) is 1. The summed E-state index contributed by atoms with van der Waals surface area (Å²) < 4.78 is 33.5. The van der Waals surface area contributed by atoms with Gasteiger partial charge in [-0.2, -0.15) is 0 Å². The minimum absolute atomic E-state index is 0.0604. The topological polar surface area (TPSA) is 75.7 Å². The van der Waals surface area contributed by atoms with Gasteiger partial charge in [0.05, 0.1) is 12.0 Å². The van der Waals surface area contributed by atoms with Crippen molar-refractivity contribution in [1.29, 1.82) is 0 Å². The van der Waals surface area contributed by atoms with Crippen molar-refractivity contribution in [2.45, 2.75) is 37.6 Å². The van der Waals surface area contributed by atoms with Crippen LogP contribution in [0.4, 0.5) is 0 Å². The number of aryl methyl sites for hydroxylation is 2. The van der Waals surface area contributed by atoms with Crippen molar-refractivity contribution in [2.75, 3.05) is 20.2 Å². The van der Waals surface area contributed by atoms with E-state index in [0.29, 0.717) is 42.1 Å². The second-order valence-corrected chi connectivity index (χ2v) is 8.87. The van der Waals surface area contributed by atoms with Gasteiger partial charge in [-0.05, 0) is 62.1 Å². The first-order chi connectivity index (χ1) is 13.3. The van der Waals surface area contributed by atoms with E-state index < -0.39 is 10.0 Å². The fourth-order valence-corrected chi connectivity index (χ4v) is 5.05. The highest BCUT2D eigenvalue weighted by atomic mass is 32.2. The molecule has 0 atom stereocenters. The Hall–Kier alpha value is -2.38. The molecular formula is C21H26N2O4S. The monoisotopic (exact) mass is 402 g/mol. The lowest BCUT2D eigenvalue weighted by molar-refractivity contribution is 0.0711. The van der Waals surface area contributed by atoms with Crippen molar-refractivity contribution in [3.63, 3.8) is 0 Å². The van der Waals surface area contributed by atoms with Gasteiger partial charge < -0.3 is 9.64 Å². The number of carbonyl (C=O) groups excluding carboxylic acids is 1. The molecular weight excluding hydrogens is 376 g/mol. The number of benzene rings is 2. The second-order valence-electron chi connectivity index (χ2n) is 7.19. The van der Waals surface area contributed by atoms with Gasteiger partial charge in [-0.15, -0.1) is 0 Å². The van der Waals surface area contributed by atoms with Crippen LogP contribution in [0.15, 0.2) is 47.4 Å². The number of nitrogens with zero attached hydrogens (tertiary/aromatic N) is 1. The van der Waals surface area contributed by atoms with Gasteiger partial charge in [-0.1, -0.05) is 18.2 Å². The van der Waals surface area contributed by atoms with E-state index in [0.717, 1.165) is 11.1 Å². The van der Waals surface area contributed by atoms with Gasteiger partial charge in [0.15, 0.2) is 0 Å². The van der Waals surface area contributed by atoms with Crippen LogP contribution in [0, 0.1) is 13.8 Å². The minimum atomic E-state index is -3.58. The molecule has 1 aliphatic rings. The summed E-state index contributed by atoms with van der Waals surface area (Å²) in [5.74, 6) is 0.580. The first kappa shape index (κ1) is 20.4. The summed E-state index contributed by atoms with van der Waals surface area (Å²) in [7, 11) is -2.02. The highest BCUT2D eigenvalue weighted by molar-refractivity contribution is 7.89. The molecule has 0 aliphatic carbocycles. The molecule has 0 saturated carbocycles. The van der Waals surface area contributed by atoms with Gasteiger partial charge in [0.25, 0.3) is 5.91 Å². The molecule has 1 fully saturated rings. The quantitative estimate of drug-likeness (QED) is 0.834. The zero-order valence-corrected chi connectivity index (χ0v) is 17.3. The van der Waals surface area contributed by atoms with E-state index in [2.05, 4.69) is 4.72 Å². The molecule has 150 valence electrons. The summed E-state index contributed by atoms with van der Waals surface area (Å²) in [4.78, 5) is 14.8. The van der Waals surface area contributed by atoms with E-state index in [1.807, 2.05) is 19.1 Å². The van der Waals surface area contributed by atoms with Crippen molar-refractivity contribution in [1.82, 2.24) is 9.62 Å². The summed E-state index contributed by atoms with van der Waals surface area (Å²) in [5.41, 5.74) is 2.21. The maximum Gasteiger partial charge on any atom is 0.253 e. The smallest absolute Gasteiger partial charge is 0.253 e. The van der Waals surface area contributed by atoms with Crippen LogP contribution in [0.2, 0.25) is 0 Å². The summed E-state index contributed by atoms with van der Waals surface area (Å²) in [6.07, 6.45) is 1.17. The first-order valence-electron chi connectivity index (χ1n) is 9.33. The van der Waals surface area contributed by atoms with Gasteiger partial charge in [-0.3, -0.25) is 4.79 Å². The molecule has 0 unspecified atom stereocenters. The lowest BCUT2D eigenvalue weighted by Gasteiger charge is -2.32.